The van der Waals surface area contributed by atoms with E-state index in [1.165, 1.54) is 10.8 Å². The Hall–Kier alpha value is -3.95. The Bertz CT molecular complexity index is 1550. The third-order valence-corrected chi connectivity index (χ3v) is 6.32. The van der Waals surface area contributed by atoms with Crippen molar-refractivity contribution in [1.82, 2.24) is 5.32 Å². The predicted molar refractivity (Wildman–Crippen MR) is 138 cm³/mol. The van der Waals surface area contributed by atoms with Gasteiger partial charge in [0.25, 0.3) is 0 Å². The number of halogens is 1. The summed E-state index contributed by atoms with van der Waals surface area (Å²) in [5.41, 5.74) is 3.08. The second kappa shape index (κ2) is 8.19. The Balaban J connectivity index is 1.51. The van der Waals surface area contributed by atoms with Crippen molar-refractivity contribution in [3.05, 3.63) is 131 Å². The first-order valence-electron chi connectivity index (χ1n) is 10.9. The zero-order valence-electron chi connectivity index (χ0n) is 17.7. The van der Waals surface area contributed by atoms with Gasteiger partial charge >= 0.3 is 0 Å². The SMILES string of the molecule is Clc1ccc(C2=NC(c3ccccc3)N=C(c3ccc4ccccc4c3)N2)c2ccccc12. The van der Waals surface area contributed by atoms with Crippen molar-refractivity contribution < 1.29 is 0 Å². The summed E-state index contributed by atoms with van der Waals surface area (Å²) in [5, 5.41) is 8.70. The number of hydrogen-bond donors (Lipinski definition) is 1. The van der Waals surface area contributed by atoms with E-state index in [1.54, 1.807) is 0 Å². The molecule has 0 radical (unpaired) electrons. The second-order valence-electron chi connectivity index (χ2n) is 8.07. The van der Waals surface area contributed by atoms with Crippen molar-refractivity contribution in [3.63, 3.8) is 0 Å². The lowest BCUT2D eigenvalue weighted by Crippen LogP contribution is -2.36. The Morgan fingerprint density at radius 1 is 0.606 bits per heavy atom. The summed E-state index contributed by atoms with van der Waals surface area (Å²) in [7, 11) is 0. The van der Waals surface area contributed by atoms with Crippen LogP contribution in [0.3, 0.4) is 0 Å². The molecule has 0 saturated heterocycles. The normalized spacial score (nSPS) is 15.7. The van der Waals surface area contributed by atoms with Crippen LogP contribution in [-0.2, 0) is 0 Å². The van der Waals surface area contributed by atoms with Crippen LogP contribution >= 0.6 is 11.6 Å². The zero-order chi connectivity index (χ0) is 22.2. The van der Waals surface area contributed by atoms with Gasteiger partial charge in [-0.05, 0) is 39.9 Å². The maximum Gasteiger partial charge on any atom is 0.169 e. The number of fused-ring (bicyclic) bond motifs is 2. The highest BCUT2D eigenvalue weighted by molar-refractivity contribution is 6.36. The van der Waals surface area contributed by atoms with Crippen LogP contribution < -0.4 is 5.32 Å². The molecule has 33 heavy (non-hydrogen) atoms. The first-order chi connectivity index (χ1) is 16.3. The Morgan fingerprint density at radius 2 is 1.30 bits per heavy atom. The van der Waals surface area contributed by atoms with Crippen molar-refractivity contribution in [2.45, 2.75) is 6.17 Å². The summed E-state index contributed by atoms with van der Waals surface area (Å²) in [6.45, 7) is 0. The molecule has 3 nitrogen and oxygen atoms in total. The lowest BCUT2D eigenvalue weighted by Gasteiger charge is -2.23. The number of aliphatic imine (C=N–C) groups is 2. The van der Waals surface area contributed by atoms with E-state index in [1.807, 2.05) is 48.5 Å². The minimum absolute atomic E-state index is 0.335. The molecule has 5 aromatic rings. The molecule has 0 bridgehead atoms. The summed E-state index contributed by atoms with van der Waals surface area (Å²) < 4.78 is 0. The van der Waals surface area contributed by atoms with Gasteiger partial charge in [-0.3, -0.25) is 0 Å². The maximum atomic E-state index is 6.49. The first kappa shape index (κ1) is 19.7. The van der Waals surface area contributed by atoms with E-state index < -0.39 is 0 Å². The molecule has 0 spiro atoms. The molecular formula is C29H20ClN3. The van der Waals surface area contributed by atoms with Crippen molar-refractivity contribution in [2.24, 2.45) is 9.98 Å². The van der Waals surface area contributed by atoms with Crippen LogP contribution in [0.25, 0.3) is 21.5 Å². The van der Waals surface area contributed by atoms with Crippen molar-refractivity contribution >= 4 is 44.8 Å². The fourth-order valence-electron chi connectivity index (χ4n) is 4.31. The highest BCUT2D eigenvalue weighted by Crippen LogP contribution is 2.30. The number of nitrogens with zero attached hydrogens (tertiary/aromatic N) is 2. The molecule has 1 unspecified atom stereocenters. The number of benzene rings is 5. The lowest BCUT2D eigenvalue weighted by atomic mass is 10.0. The van der Waals surface area contributed by atoms with Gasteiger partial charge in [-0.1, -0.05) is 103 Å². The highest BCUT2D eigenvalue weighted by atomic mass is 35.5. The number of hydrogen-bond acceptors (Lipinski definition) is 3. The Morgan fingerprint density at radius 3 is 2.15 bits per heavy atom. The first-order valence-corrected chi connectivity index (χ1v) is 11.3. The topological polar surface area (TPSA) is 36.8 Å². The average Bonchev–Trinajstić information content (AvgIpc) is 2.89. The highest BCUT2D eigenvalue weighted by Gasteiger charge is 2.22. The van der Waals surface area contributed by atoms with E-state index in [-0.39, 0.29) is 6.17 Å². The van der Waals surface area contributed by atoms with E-state index in [0.29, 0.717) is 0 Å². The third kappa shape index (κ3) is 3.67. The molecule has 0 fully saturated rings. The summed E-state index contributed by atoms with van der Waals surface area (Å²) in [5.74, 6) is 1.59. The van der Waals surface area contributed by atoms with E-state index in [4.69, 9.17) is 21.6 Å². The van der Waals surface area contributed by atoms with Crippen LogP contribution in [-0.4, -0.2) is 11.7 Å². The molecule has 5 aromatic carbocycles. The number of rotatable bonds is 3. The Labute approximate surface area is 197 Å². The van der Waals surface area contributed by atoms with Gasteiger partial charge in [0.2, 0.25) is 0 Å². The summed E-state index contributed by atoms with van der Waals surface area (Å²) in [6, 6.07) is 37.1. The average molecular weight is 446 g/mol. The molecule has 1 atom stereocenters. The maximum absolute atomic E-state index is 6.49. The summed E-state index contributed by atoms with van der Waals surface area (Å²) in [6.07, 6.45) is -0.335. The number of nitrogens with one attached hydrogen (secondary N) is 1. The van der Waals surface area contributed by atoms with Gasteiger partial charge in [0.15, 0.2) is 6.17 Å². The fourth-order valence-corrected chi connectivity index (χ4v) is 4.54. The second-order valence-corrected chi connectivity index (χ2v) is 8.47. The predicted octanol–water partition coefficient (Wildman–Crippen LogP) is 7.14. The van der Waals surface area contributed by atoms with Gasteiger partial charge in [0.05, 0.1) is 0 Å². The lowest BCUT2D eigenvalue weighted by molar-refractivity contribution is 0.756. The molecule has 0 aliphatic carbocycles. The van der Waals surface area contributed by atoms with E-state index >= 15 is 0 Å². The minimum atomic E-state index is -0.335. The molecular weight excluding hydrogens is 426 g/mol. The van der Waals surface area contributed by atoms with Crippen LogP contribution in [0, 0.1) is 0 Å². The van der Waals surface area contributed by atoms with Gasteiger partial charge in [-0.25, -0.2) is 9.98 Å². The zero-order valence-corrected chi connectivity index (χ0v) is 18.5. The van der Waals surface area contributed by atoms with E-state index in [2.05, 4.69) is 66.0 Å². The van der Waals surface area contributed by atoms with Crippen LogP contribution in [0.4, 0.5) is 0 Å². The molecule has 0 aromatic heterocycles. The molecule has 1 aliphatic heterocycles. The van der Waals surface area contributed by atoms with E-state index in [9.17, 15) is 0 Å². The summed E-state index contributed by atoms with van der Waals surface area (Å²) >= 11 is 6.49. The van der Waals surface area contributed by atoms with Crippen LogP contribution in [0.15, 0.2) is 119 Å². The van der Waals surface area contributed by atoms with Crippen LogP contribution in [0.2, 0.25) is 5.02 Å². The molecule has 0 saturated carbocycles. The Kier molecular flexibility index (Phi) is 4.89. The van der Waals surface area contributed by atoms with Crippen LogP contribution in [0.1, 0.15) is 22.9 Å². The van der Waals surface area contributed by atoms with Gasteiger partial charge in [-0.15, -0.1) is 0 Å². The third-order valence-electron chi connectivity index (χ3n) is 5.99. The van der Waals surface area contributed by atoms with Gasteiger partial charge in [-0.2, -0.15) is 0 Å². The van der Waals surface area contributed by atoms with Crippen molar-refractivity contribution in [2.75, 3.05) is 0 Å². The monoisotopic (exact) mass is 445 g/mol. The molecule has 1 heterocycles. The summed E-state index contributed by atoms with van der Waals surface area (Å²) in [4.78, 5) is 10.0. The van der Waals surface area contributed by atoms with Gasteiger partial charge in [0.1, 0.15) is 11.7 Å². The molecule has 158 valence electrons. The number of amidine groups is 2. The smallest absolute Gasteiger partial charge is 0.169 e. The fraction of sp³-hybridized carbons (Fsp3) is 0.0345. The minimum Gasteiger partial charge on any atom is -0.324 e. The van der Waals surface area contributed by atoms with Crippen molar-refractivity contribution in [3.8, 4) is 0 Å². The molecule has 0 amide bonds. The van der Waals surface area contributed by atoms with E-state index in [0.717, 1.165) is 44.2 Å². The molecule has 4 heteroatoms. The van der Waals surface area contributed by atoms with Crippen molar-refractivity contribution in [1.29, 1.82) is 0 Å². The standard InChI is InChI=1S/C29H20ClN3/c30-26-17-16-25(23-12-6-7-13-24(23)26)29-32-27(20-9-2-1-3-10-20)31-28(33-29)22-15-14-19-8-4-5-11-21(19)18-22/h1-18,27H,(H,31,32,33). The van der Waals surface area contributed by atoms with Gasteiger partial charge in [0, 0.05) is 21.5 Å². The van der Waals surface area contributed by atoms with Gasteiger partial charge < -0.3 is 5.32 Å². The molecule has 6 rings (SSSR count). The largest absolute Gasteiger partial charge is 0.324 e. The quantitative estimate of drug-likeness (QED) is 0.314. The van der Waals surface area contributed by atoms with Crippen LogP contribution in [0.5, 0.6) is 0 Å². The molecule has 1 N–H and O–H groups in total. The molecule has 1 aliphatic rings.